The third kappa shape index (κ3) is 3.59. The molecule has 5 nitrogen and oxygen atoms in total. The third-order valence-electron chi connectivity index (χ3n) is 2.32. The predicted octanol–water partition coefficient (Wildman–Crippen LogP) is 1.58. The summed E-state index contributed by atoms with van der Waals surface area (Å²) in [6.45, 7) is 3.66. The first-order chi connectivity index (χ1) is 6.59. The van der Waals surface area contributed by atoms with Crippen molar-refractivity contribution in [2.24, 2.45) is 0 Å². The molecule has 1 rings (SSSR count). The van der Waals surface area contributed by atoms with Gasteiger partial charge in [0.05, 0.1) is 6.10 Å². The Hall–Kier alpha value is -0.680. The highest BCUT2D eigenvalue weighted by atomic mass is 16.7. The number of hydrogen-bond donors (Lipinski definition) is 0. The van der Waals surface area contributed by atoms with Crippen molar-refractivity contribution in [1.82, 2.24) is 0 Å². The SMILES string of the molecule is CC1CCCC(OCC(C)[N+](=O)[O-])O1. The molecule has 0 bridgehead atoms. The van der Waals surface area contributed by atoms with Gasteiger partial charge >= 0.3 is 0 Å². The number of hydrogen-bond acceptors (Lipinski definition) is 4. The lowest BCUT2D eigenvalue weighted by molar-refractivity contribution is -0.524. The normalized spacial score (nSPS) is 29.9. The van der Waals surface area contributed by atoms with Crippen LogP contribution in [0.15, 0.2) is 0 Å². The highest BCUT2D eigenvalue weighted by molar-refractivity contribution is 4.61. The molecule has 0 saturated carbocycles. The van der Waals surface area contributed by atoms with Crippen molar-refractivity contribution in [2.75, 3.05) is 6.61 Å². The summed E-state index contributed by atoms with van der Waals surface area (Å²) in [6, 6.07) is -0.657. The molecule has 1 fully saturated rings. The zero-order valence-electron chi connectivity index (χ0n) is 8.64. The maximum atomic E-state index is 10.3. The molecule has 0 aliphatic carbocycles. The van der Waals surface area contributed by atoms with E-state index in [2.05, 4.69) is 0 Å². The molecule has 0 aromatic carbocycles. The van der Waals surface area contributed by atoms with E-state index >= 15 is 0 Å². The van der Waals surface area contributed by atoms with Crippen LogP contribution in [-0.2, 0) is 9.47 Å². The van der Waals surface area contributed by atoms with Crippen LogP contribution in [0.1, 0.15) is 33.1 Å². The predicted molar refractivity (Wildman–Crippen MR) is 50.6 cm³/mol. The lowest BCUT2D eigenvalue weighted by Gasteiger charge is -2.27. The Balaban J connectivity index is 2.20. The molecule has 0 amide bonds. The molecule has 3 unspecified atom stereocenters. The molecule has 3 atom stereocenters. The van der Waals surface area contributed by atoms with Crippen molar-refractivity contribution in [3.63, 3.8) is 0 Å². The Morgan fingerprint density at radius 2 is 2.36 bits per heavy atom. The molecule has 0 aromatic heterocycles. The Morgan fingerprint density at radius 1 is 1.64 bits per heavy atom. The van der Waals surface area contributed by atoms with Gasteiger partial charge in [-0.25, -0.2) is 0 Å². The minimum Gasteiger partial charge on any atom is -0.350 e. The zero-order valence-corrected chi connectivity index (χ0v) is 8.64. The van der Waals surface area contributed by atoms with Crippen LogP contribution in [0, 0.1) is 10.1 Å². The minimum absolute atomic E-state index is 0.129. The Labute approximate surface area is 83.5 Å². The Bertz CT molecular complexity index is 197. The quantitative estimate of drug-likeness (QED) is 0.514. The van der Waals surface area contributed by atoms with E-state index in [1.807, 2.05) is 6.92 Å². The van der Waals surface area contributed by atoms with E-state index in [-0.39, 0.29) is 23.9 Å². The highest BCUT2D eigenvalue weighted by Crippen LogP contribution is 2.19. The Kier molecular flexibility index (Phi) is 4.28. The summed E-state index contributed by atoms with van der Waals surface area (Å²) in [5.74, 6) is 0. The summed E-state index contributed by atoms with van der Waals surface area (Å²) in [7, 11) is 0. The molecule has 0 radical (unpaired) electrons. The number of nitro groups is 1. The van der Waals surface area contributed by atoms with Gasteiger partial charge in [0, 0.05) is 11.8 Å². The summed E-state index contributed by atoms with van der Waals surface area (Å²) in [5.41, 5.74) is 0. The fourth-order valence-corrected chi connectivity index (χ4v) is 1.40. The summed E-state index contributed by atoms with van der Waals surface area (Å²) >= 11 is 0. The van der Waals surface area contributed by atoms with Crippen molar-refractivity contribution in [1.29, 1.82) is 0 Å². The summed E-state index contributed by atoms with van der Waals surface area (Å²) in [5, 5.41) is 10.3. The van der Waals surface area contributed by atoms with Crippen LogP contribution in [0.4, 0.5) is 0 Å². The van der Waals surface area contributed by atoms with Crippen LogP contribution in [0.2, 0.25) is 0 Å². The lowest BCUT2D eigenvalue weighted by Crippen LogP contribution is -2.31. The summed E-state index contributed by atoms with van der Waals surface area (Å²) in [4.78, 5) is 9.98. The van der Waals surface area contributed by atoms with Crippen LogP contribution in [0.5, 0.6) is 0 Å². The van der Waals surface area contributed by atoms with Gasteiger partial charge in [0.2, 0.25) is 6.04 Å². The maximum Gasteiger partial charge on any atom is 0.233 e. The molecule has 1 aliphatic heterocycles. The summed E-state index contributed by atoms with van der Waals surface area (Å²) < 4.78 is 10.8. The van der Waals surface area contributed by atoms with Gasteiger partial charge < -0.3 is 9.47 Å². The van der Waals surface area contributed by atoms with Gasteiger partial charge in [0.15, 0.2) is 6.29 Å². The second-order valence-corrected chi connectivity index (χ2v) is 3.77. The molecule has 1 aliphatic rings. The number of rotatable bonds is 4. The second-order valence-electron chi connectivity index (χ2n) is 3.77. The van der Waals surface area contributed by atoms with Crippen LogP contribution in [0.25, 0.3) is 0 Å². The van der Waals surface area contributed by atoms with Crippen LogP contribution < -0.4 is 0 Å². The first kappa shape index (κ1) is 11.4. The fraction of sp³-hybridized carbons (Fsp3) is 1.00. The smallest absolute Gasteiger partial charge is 0.233 e. The van der Waals surface area contributed by atoms with Gasteiger partial charge in [0.1, 0.15) is 6.61 Å². The van der Waals surface area contributed by atoms with Crippen LogP contribution in [0.3, 0.4) is 0 Å². The van der Waals surface area contributed by atoms with E-state index in [1.54, 1.807) is 0 Å². The van der Waals surface area contributed by atoms with Crippen molar-refractivity contribution >= 4 is 0 Å². The molecule has 5 heteroatoms. The van der Waals surface area contributed by atoms with Crippen molar-refractivity contribution in [3.05, 3.63) is 10.1 Å². The van der Waals surface area contributed by atoms with Gasteiger partial charge in [-0.3, -0.25) is 10.1 Å². The molecule has 0 spiro atoms. The topological polar surface area (TPSA) is 61.6 Å². The first-order valence-electron chi connectivity index (χ1n) is 5.00. The van der Waals surface area contributed by atoms with Gasteiger partial charge in [-0.1, -0.05) is 0 Å². The molecule has 1 heterocycles. The average Bonchev–Trinajstić information content (AvgIpc) is 2.14. The summed E-state index contributed by atoms with van der Waals surface area (Å²) in [6.07, 6.45) is 2.92. The average molecular weight is 203 g/mol. The van der Waals surface area contributed by atoms with Crippen molar-refractivity contribution < 1.29 is 14.4 Å². The van der Waals surface area contributed by atoms with E-state index in [0.717, 1.165) is 19.3 Å². The largest absolute Gasteiger partial charge is 0.350 e. The monoisotopic (exact) mass is 203 g/mol. The fourth-order valence-electron chi connectivity index (χ4n) is 1.40. The maximum absolute atomic E-state index is 10.3. The van der Waals surface area contributed by atoms with Gasteiger partial charge in [-0.05, 0) is 26.2 Å². The van der Waals surface area contributed by atoms with E-state index in [9.17, 15) is 10.1 Å². The Morgan fingerprint density at radius 3 is 2.93 bits per heavy atom. The van der Waals surface area contributed by atoms with Gasteiger partial charge in [0.25, 0.3) is 0 Å². The van der Waals surface area contributed by atoms with Crippen LogP contribution >= 0.6 is 0 Å². The molecule has 0 N–H and O–H groups in total. The van der Waals surface area contributed by atoms with E-state index in [1.165, 1.54) is 6.92 Å². The highest BCUT2D eigenvalue weighted by Gasteiger charge is 2.22. The molecule has 1 saturated heterocycles. The minimum atomic E-state index is -0.657. The van der Waals surface area contributed by atoms with E-state index < -0.39 is 6.04 Å². The zero-order chi connectivity index (χ0) is 10.6. The number of nitrogens with zero attached hydrogens (tertiary/aromatic N) is 1. The lowest BCUT2D eigenvalue weighted by atomic mass is 10.1. The first-order valence-corrected chi connectivity index (χ1v) is 5.00. The molecular weight excluding hydrogens is 186 g/mol. The van der Waals surface area contributed by atoms with Gasteiger partial charge in [-0.2, -0.15) is 0 Å². The van der Waals surface area contributed by atoms with Crippen molar-refractivity contribution in [2.45, 2.75) is 51.5 Å². The van der Waals surface area contributed by atoms with Crippen molar-refractivity contribution in [3.8, 4) is 0 Å². The molecule has 14 heavy (non-hydrogen) atoms. The molecular formula is C9H17NO4. The third-order valence-corrected chi connectivity index (χ3v) is 2.32. The number of ether oxygens (including phenoxy) is 2. The van der Waals surface area contributed by atoms with Gasteiger partial charge in [-0.15, -0.1) is 0 Å². The standard InChI is InChI=1S/C9H17NO4/c1-7(10(11)12)6-13-9-5-3-4-8(2)14-9/h7-9H,3-6H2,1-2H3. The van der Waals surface area contributed by atoms with Crippen LogP contribution in [-0.4, -0.2) is 30.0 Å². The van der Waals surface area contributed by atoms with E-state index in [0.29, 0.717) is 0 Å². The van der Waals surface area contributed by atoms with E-state index in [4.69, 9.17) is 9.47 Å². The second kappa shape index (κ2) is 5.26. The molecule has 0 aromatic rings. The molecule has 82 valence electrons.